The van der Waals surface area contributed by atoms with Crippen molar-refractivity contribution in [3.63, 3.8) is 0 Å². The second-order valence-electron chi connectivity index (χ2n) is 5.86. The van der Waals surface area contributed by atoms with Crippen molar-refractivity contribution in [1.82, 2.24) is 0 Å². The largest absolute Gasteiger partial charge is 0.511 e. The number of nitrogens with two attached hydrogens (primary N) is 2. The van der Waals surface area contributed by atoms with Gasteiger partial charge in [0.2, 0.25) is 0 Å². The Morgan fingerprint density at radius 1 is 1.29 bits per heavy atom. The van der Waals surface area contributed by atoms with Gasteiger partial charge in [0.15, 0.2) is 0 Å². The van der Waals surface area contributed by atoms with Crippen molar-refractivity contribution in [1.29, 1.82) is 0 Å². The zero-order chi connectivity index (χ0) is 15.8. The van der Waals surface area contributed by atoms with Crippen molar-refractivity contribution in [2.75, 3.05) is 17.2 Å². The highest BCUT2D eigenvalue weighted by Gasteiger charge is 2.63. The normalized spacial score (nSPS) is 20.8. The third-order valence-corrected chi connectivity index (χ3v) is 2.96. The van der Waals surface area contributed by atoms with E-state index in [9.17, 15) is 9.59 Å². The fraction of sp³-hybridized carbons (Fsp3) is 0.429. The molecule has 21 heavy (non-hydrogen) atoms. The van der Waals surface area contributed by atoms with Gasteiger partial charge < -0.3 is 25.8 Å². The number of nitrogen functional groups attached to an aromatic ring is 1. The Kier molecular flexibility index (Phi) is 3.44. The third kappa shape index (κ3) is 3.01. The molecule has 0 spiro atoms. The van der Waals surface area contributed by atoms with Crippen molar-refractivity contribution >= 4 is 23.4 Å². The zero-order valence-corrected chi connectivity index (χ0v) is 12.3. The van der Waals surface area contributed by atoms with Crippen LogP contribution in [0.3, 0.4) is 0 Å². The molecule has 7 heteroatoms. The summed E-state index contributed by atoms with van der Waals surface area (Å²) in [4.78, 5) is 25.0. The number of nitrogens with zero attached hydrogens (tertiary/aromatic N) is 1. The number of hydrogen-bond donors (Lipinski definition) is 2. The van der Waals surface area contributed by atoms with Crippen LogP contribution < -0.4 is 16.4 Å². The van der Waals surface area contributed by atoms with Crippen LogP contribution in [-0.4, -0.2) is 29.9 Å². The van der Waals surface area contributed by atoms with Gasteiger partial charge in [-0.1, -0.05) is 12.1 Å². The number of ether oxygens (including phenoxy) is 2. The van der Waals surface area contributed by atoms with E-state index >= 15 is 0 Å². The van der Waals surface area contributed by atoms with Crippen molar-refractivity contribution < 1.29 is 19.1 Å². The van der Waals surface area contributed by atoms with Gasteiger partial charge in [0.1, 0.15) is 5.60 Å². The molecule has 1 aromatic rings. The maximum Gasteiger partial charge on any atom is 0.511 e. The van der Waals surface area contributed by atoms with Gasteiger partial charge in [-0.3, -0.25) is 4.79 Å². The Morgan fingerprint density at radius 2 is 1.90 bits per heavy atom. The van der Waals surface area contributed by atoms with E-state index in [2.05, 4.69) is 0 Å². The van der Waals surface area contributed by atoms with Crippen LogP contribution in [0.2, 0.25) is 0 Å². The number of carbonyl (C=O) groups is 2. The Labute approximate surface area is 122 Å². The predicted octanol–water partition coefficient (Wildman–Crippen LogP) is 1.22. The topological polar surface area (TPSA) is 108 Å². The number of amides is 1. The molecular formula is C14H19N3O4. The van der Waals surface area contributed by atoms with Gasteiger partial charge in [-0.2, -0.15) is 0 Å². The standard InChI is InChI=1S/C14H19N3O4/c1-13(2,3)20-12(19)21-14(11(16)18)8-17(14)10-7-5-4-6-9(10)15/h4-7H,8,15H2,1-3H3,(H2,16,18). The summed E-state index contributed by atoms with van der Waals surface area (Å²) in [6.45, 7) is 5.25. The minimum Gasteiger partial charge on any atom is -0.428 e. The molecule has 0 bridgehead atoms. The first-order valence-electron chi connectivity index (χ1n) is 6.50. The van der Waals surface area contributed by atoms with Crippen molar-refractivity contribution in [3.05, 3.63) is 24.3 Å². The lowest BCUT2D eigenvalue weighted by Crippen LogP contribution is -2.42. The summed E-state index contributed by atoms with van der Waals surface area (Å²) in [5, 5.41) is 0. The van der Waals surface area contributed by atoms with Gasteiger partial charge >= 0.3 is 6.16 Å². The van der Waals surface area contributed by atoms with Crippen LogP contribution >= 0.6 is 0 Å². The van der Waals surface area contributed by atoms with E-state index in [1.165, 1.54) is 4.90 Å². The van der Waals surface area contributed by atoms with E-state index in [4.69, 9.17) is 20.9 Å². The smallest absolute Gasteiger partial charge is 0.428 e. The van der Waals surface area contributed by atoms with Crippen LogP contribution in [0.15, 0.2) is 24.3 Å². The fourth-order valence-electron chi connectivity index (χ4n) is 1.95. The van der Waals surface area contributed by atoms with E-state index in [0.29, 0.717) is 11.4 Å². The van der Waals surface area contributed by atoms with Crippen molar-refractivity contribution in [3.8, 4) is 0 Å². The Bertz CT molecular complexity index is 582. The number of primary amides is 1. The molecule has 1 aliphatic heterocycles. The number of rotatable bonds is 3. The summed E-state index contributed by atoms with van der Waals surface area (Å²) in [6.07, 6.45) is -0.946. The average molecular weight is 293 g/mol. The van der Waals surface area contributed by atoms with Crippen molar-refractivity contribution in [2.24, 2.45) is 5.73 Å². The number of anilines is 2. The molecule has 0 aliphatic carbocycles. The third-order valence-electron chi connectivity index (χ3n) is 2.96. The summed E-state index contributed by atoms with van der Waals surface area (Å²) in [7, 11) is 0. The molecule has 1 fully saturated rings. The molecule has 1 atom stereocenters. The molecule has 2 rings (SSSR count). The summed E-state index contributed by atoms with van der Waals surface area (Å²) >= 11 is 0. The summed E-state index contributed by atoms with van der Waals surface area (Å²) in [5.74, 6) is -0.767. The first-order chi connectivity index (χ1) is 9.66. The van der Waals surface area contributed by atoms with Crippen LogP contribution in [0.1, 0.15) is 20.8 Å². The van der Waals surface area contributed by atoms with Crippen LogP contribution in [0, 0.1) is 0 Å². The SMILES string of the molecule is CC(C)(C)OC(=O)OC1(C(N)=O)CN1c1ccccc1N. The van der Waals surface area contributed by atoms with Gasteiger partial charge in [0.05, 0.1) is 17.9 Å². The van der Waals surface area contributed by atoms with Gasteiger partial charge in [-0.25, -0.2) is 4.79 Å². The average Bonchev–Trinajstić information content (AvgIpc) is 3.02. The molecule has 1 unspecified atom stereocenters. The van der Waals surface area contributed by atoms with Crippen molar-refractivity contribution in [2.45, 2.75) is 32.1 Å². The van der Waals surface area contributed by atoms with Gasteiger partial charge in [0.25, 0.3) is 11.6 Å². The number of carbonyl (C=O) groups excluding carboxylic acids is 2. The molecule has 0 radical (unpaired) electrons. The molecule has 0 aromatic heterocycles. The zero-order valence-electron chi connectivity index (χ0n) is 12.3. The molecule has 7 nitrogen and oxygen atoms in total. The lowest BCUT2D eigenvalue weighted by Gasteiger charge is -2.22. The highest BCUT2D eigenvalue weighted by molar-refractivity contribution is 5.96. The van der Waals surface area contributed by atoms with E-state index in [1.807, 2.05) is 0 Å². The molecule has 1 saturated heterocycles. The van der Waals surface area contributed by atoms with E-state index in [0.717, 1.165) is 0 Å². The second kappa shape index (κ2) is 4.83. The highest BCUT2D eigenvalue weighted by atomic mass is 16.8. The number of para-hydroxylation sites is 2. The minimum atomic E-state index is -1.53. The Morgan fingerprint density at radius 3 is 2.43 bits per heavy atom. The van der Waals surface area contributed by atoms with Crippen LogP contribution in [0.4, 0.5) is 16.2 Å². The monoisotopic (exact) mass is 293 g/mol. The number of hydrogen-bond acceptors (Lipinski definition) is 6. The fourth-order valence-corrected chi connectivity index (χ4v) is 1.95. The quantitative estimate of drug-likeness (QED) is 0.493. The molecule has 1 amide bonds. The van der Waals surface area contributed by atoms with Gasteiger partial charge in [0, 0.05) is 0 Å². The maximum atomic E-state index is 11.8. The Balaban J connectivity index is 2.17. The van der Waals surface area contributed by atoms with Crippen LogP contribution in [0.25, 0.3) is 0 Å². The first-order valence-corrected chi connectivity index (χ1v) is 6.50. The van der Waals surface area contributed by atoms with Gasteiger partial charge in [-0.05, 0) is 32.9 Å². The van der Waals surface area contributed by atoms with E-state index in [-0.39, 0.29) is 6.54 Å². The lowest BCUT2D eigenvalue weighted by molar-refractivity contribution is -0.131. The molecular weight excluding hydrogens is 274 g/mol. The molecule has 1 aromatic carbocycles. The Hall–Kier alpha value is -2.44. The summed E-state index contributed by atoms with van der Waals surface area (Å²) < 4.78 is 10.2. The molecule has 1 aliphatic rings. The maximum absolute atomic E-state index is 11.8. The van der Waals surface area contributed by atoms with Gasteiger partial charge in [-0.15, -0.1) is 0 Å². The van der Waals surface area contributed by atoms with Crippen LogP contribution in [0.5, 0.6) is 0 Å². The molecule has 4 N–H and O–H groups in total. The lowest BCUT2D eigenvalue weighted by atomic mass is 10.2. The predicted molar refractivity (Wildman–Crippen MR) is 77.4 cm³/mol. The first kappa shape index (κ1) is 15.0. The summed E-state index contributed by atoms with van der Waals surface area (Å²) in [5.41, 5.74) is 10.0. The number of benzene rings is 1. The van der Waals surface area contributed by atoms with Crippen LogP contribution in [-0.2, 0) is 14.3 Å². The minimum absolute atomic E-state index is 0.149. The van der Waals surface area contributed by atoms with E-state index < -0.39 is 23.4 Å². The molecule has 0 saturated carbocycles. The molecule has 114 valence electrons. The molecule has 1 heterocycles. The second-order valence-corrected chi connectivity index (χ2v) is 5.86. The van der Waals surface area contributed by atoms with E-state index in [1.54, 1.807) is 45.0 Å². The summed E-state index contributed by atoms with van der Waals surface area (Å²) in [6, 6.07) is 6.94. The highest BCUT2D eigenvalue weighted by Crippen LogP contribution is 2.42.